The maximum atomic E-state index is 11.9. The van der Waals surface area contributed by atoms with Crippen LogP contribution in [0.3, 0.4) is 0 Å². The minimum Gasteiger partial charge on any atom is -0.496 e. The van der Waals surface area contributed by atoms with E-state index in [9.17, 15) is 4.79 Å². The first-order valence-electron chi connectivity index (χ1n) is 6.01. The third kappa shape index (κ3) is 4.55. The van der Waals surface area contributed by atoms with Crippen LogP contribution in [-0.4, -0.2) is 32.7 Å². The Morgan fingerprint density at radius 2 is 2.11 bits per heavy atom. The van der Waals surface area contributed by atoms with Crippen molar-refractivity contribution in [3.63, 3.8) is 0 Å². The van der Waals surface area contributed by atoms with E-state index in [0.717, 1.165) is 19.5 Å². The number of halogens is 1. The number of ether oxygens (including phenoxy) is 1. The molecule has 5 heteroatoms. The van der Waals surface area contributed by atoms with Crippen LogP contribution in [0.1, 0.15) is 23.7 Å². The van der Waals surface area contributed by atoms with Crippen molar-refractivity contribution in [1.29, 1.82) is 0 Å². The second kappa shape index (κ2) is 7.95. The molecule has 2 N–H and O–H groups in total. The SMILES string of the molecule is CCCNCCNC(=O)c1ccc(Cl)cc1OC. The van der Waals surface area contributed by atoms with Gasteiger partial charge in [-0.25, -0.2) is 0 Å². The van der Waals surface area contributed by atoms with Gasteiger partial charge >= 0.3 is 0 Å². The molecule has 0 saturated heterocycles. The van der Waals surface area contributed by atoms with E-state index in [0.29, 0.717) is 22.9 Å². The third-order valence-corrected chi connectivity index (χ3v) is 2.66. The molecule has 0 bridgehead atoms. The summed E-state index contributed by atoms with van der Waals surface area (Å²) >= 11 is 5.84. The number of carbonyl (C=O) groups is 1. The fourth-order valence-corrected chi connectivity index (χ4v) is 1.68. The topological polar surface area (TPSA) is 50.4 Å². The van der Waals surface area contributed by atoms with Crippen molar-refractivity contribution in [3.05, 3.63) is 28.8 Å². The second-order valence-corrected chi connectivity index (χ2v) is 4.29. The number of benzene rings is 1. The first-order valence-corrected chi connectivity index (χ1v) is 6.39. The average molecular weight is 271 g/mol. The van der Waals surface area contributed by atoms with E-state index in [-0.39, 0.29) is 5.91 Å². The molecule has 1 amide bonds. The molecule has 0 aromatic heterocycles. The van der Waals surface area contributed by atoms with Gasteiger partial charge in [-0.05, 0) is 31.2 Å². The van der Waals surface area contributed by atoms with Crippen molar-refractivity contribution in [2.24, 2.45) is 0 Å². The first-order chi connectivity index (χ1) is 8.69. The van der Waals surface area contributed by atoms with Crippen molar-refractivity contribution in [1.82, 2.24) is 10.6 Å². The van der Waals surface area contributed by atoms with E-state index in [1.54, 1.807) is 18.2 Å². The Morgan fingerprint density at radius 3 is 2.78 bits per heavy atom. The molecule has 18 heavy (non-hydrogen) atoms. The van der Waals surface area contributed by atoms with Gasteiger partial charge in [0.05, 0.1) is 12.7 Å². The maximum absolute atomic E-state index is 11.9. The smallest absolute Gasteiger partial charge is 0.255 e. The zero-order valence-corrected chi connectivity index (χ0v) is 11.5. The molecule has 4 nitrogen and oxygen atoms in total. The summed E-state index contributed by atoms with van der Waals surface area (Å²) in [6.07, 6.45) is 1.08. The lowest BCUT2D eigenvalue weighted by atomic mass is 10.2. The molecular weight excluding hydrogens is 252 g/mol. The van der Waals surface area contributed by atoms with Crippen LogP contribution in [0, 0.1) is 0 Å². The van der Waals surface area contributed by atoms with Crippen LogP contribution in [-0.2, 0) is 0 Å². The van der Waals surface area contributed by atoms with Crippen LogP contribution < -0.4 is 15.4 Å². The second-order valence-electron chi connectivity index (χ2n) is 3.85. The molecule has 100 valence electrons. The van der Waals surface area contributed by atoms with Crippen molar-refractivity contribution >= 4 is 17.5 Å². The fourth-order valence-electron chi connectivity index (χ4n) is 1.51. The summed E-state index contributed by atoms with van der Waals surface area (Å²) in [6, 6.07) is 4.97. The van der Waals surface area contributed by atoms with E-state index < -0.39 is 0 Å². The van der Waals surface area contributed by atoms with Crippen LogP contribution in [0.25, 0.3) is 0 Å². The van der Waals surface area contributed by atoms with Gasteiger partial charge in [-0.2, -0.15) is 0 Å². The average Bonchev–Trinajstić information content (AvgIpc) is 2.38. The highest BCUT2D eigenvalue weighted by molar-refractivity contribution is 6.30. The van der Waals surface area contributed by atoms with Gasteiger partial charge in [-0.1, -0.05) is 18.5 Å². The van der Waals surface area contributed by atoms with Crippen LogP contribution in [0.15, 0.2) is 18.2 Å². The first kappa shape index (κ1) is 14.8. The summed E-state index contributed by atoms with van der Waals surface area (Å²) in [4.78, 5) is 11.9. The zero-order chi connectivity index (χ0) is 13.4. The number of amides is 1. The summed E-state index contributed by atoms with van der Waals surface area (Å²) in [6.45, 7) is 4.41. The Bertz CT molecular complexity index is 397. The predicted molar refractivity (Wildman–Crippen MR) is 73.5 cm³/mol. The van der Waals surface area contributed by atoms with E-state index in [2.05, 4.69) is 17.6 Å². The minimum absolute atomic E-state index is 0.151. The van der Waals surface area contributed by atoms with Gasteiger partial charge in [-0.3, -0.25) is 4.79 Å². The highest BCUT2D eigenvalue weighted by Gasteiger charge is 2.11. The van der Waals surface area contributed by atoms with Gasteiger partial charge in [-0.15, -0.1) is 0 Å². The molecular formula is C13H19ClN2O2. The number of methoxy groups -OCH3 is 1. The van der Waals surface area contributed by atoms with Crippen molar-refractivity contribution in [2.75, 3.05) is 26.7 Å². The molecule has 1 aromatic rings. The Labute approximate surface area is 113 Å². The van der Waals surface area contributed by atoms with Gasteiger partial charge in [0.2, 0.25) is 0 Å². The number of hydrogen-bond acceptors (Lipinski definition) is 3. The van der Waals surface area contributed by atoms with Gasteiger partial charge in [0, 0.05) is 18.1 Å². The third-order valence-electron chi connectivity index (χ3n) is 2.42. The minimum atomic E-state index is -0.151. The maximum Gasteiger partial charge on any atom is 0.255 e. The van der Waals surface area contributed by atoms with E-state index >= 15 is 0 Å². The van der Waals surface area contributed by atoms with Crippen molar-refractivity contribution in [2.45, 2.75) is 13.3 Å². The Hall–Kier alpha value is -1.26. The molecule has 0 aliphatic heterocycles. The van der Waals surface area contributed by atoms with Crippen LogP contribution in [0.2, 0.25) is 5.02 Å². The van der Waals surface area contributed by atoms with Gasteiger partial charge < -0.3 is 15.4 Å². The summed E-state index contributed by atoms with van der Waals surface area (Å²) < 4.78 is 5.13. The molecule has 0 aliphatic rings. The molecule has 0 fully saturated rings. The molecule has 1 rings (SSSR count). The van der Waals surface area contributed by atoms with E-state index in [4.69, 9.17) is 16.3 Å². The summed E-state index contributed by atoms with van der Waals surface area (Å²) in [7, 11) is 1.52. The Kier molecular flexibility index (Phi) is 6.54. The number of rotatable bonds is 7. The molecule has 0 spiro atoms. The summed E-state index contributed by atoms with van der Waals surface area (Å²) in [5.74, 6) is 0.336. The van der Waals surface area contributed by atoms with Gasteiger partial charge in [0.15, 0.2) is 0 Å². The molecule has 1 aromatic carbocycles. The van der Waals surface area contributed by atoms with Crippen molar-refractivity contribution in [3.8, 4) is 5.75 Å². The molecule has 0 radical (unpaired) electrons. The Balaban J connectivity index is 2.51. The van der Waals surface area contributed by atoms with Crippen LogP contribution in [0.5, 0.6) is 5.75 Å². The normalized spacial score (nSPS) is 10.2. The number of nitrogens with one attached hydrogen (secondary N) is 2. The van der Waals surface area contributed by atoms with Crippen LogP contribution in [0.4, 0.5) is 0 Å². The fraction of sp³-hybridized carbons (Fsp3) is 0.462. The van der Waals surface area contributed by atoms with Crippen molar-refractivity contribution < 1.29 is 9.53 Å². The molecule has 0 heterocycles. The number of hydrogen-bond donors (Lipinski definition) is 2. The monoisotopic (exact) mass is 270 g/mol. The highest BCUT2D eigenvalue weighted by Crippen LogP contribution is 2.22. The lowest BCUT2D eigenvalue weighted by Crippen LogP contribution is -2.32. The molecule has 0 aliphatic carbocycles. The standard InChI is InChI=1S/C13H19ClN2O2/c1-3-6-15-7-8-16-13(17)11-5-4-10(14)9-12(11)18-2/h4-5,9,15H,3,6-8H2,1-2H3,(H,16,17). The lowest BCUT2D eigenvalue weighted by Gasteiger charge is -2.10. The summed E-state index contributed by atoms with van der Waals surface area (Å²) in [5.41, 5.74) is 0.498. The predicted octanol–water partition coefficient (Wildman–Crippen LogP) is 2.08. The quantitative estimate of drug-likeness (QED) is 0.746. The van der Waals surface area contributed by atoms with Crippen LogP contribution >= 0.6 is 11.6 Å². The van der Waals surface area contributed by atoms with E-state index in [1.807, 2.05) is 0 Å². The molecule has 0 saturated carbocycles. The largest absolute Gasteiger partial charge is 0.496 e. The summed E-state index contributed by atoms with van der Waals surface area (Å²) in [5, 5.41) is 6.59. The highest BCUT2D eigenvalue weighted by atomic mass is 35.5. The molecule has 0 atom stereocenters. The molecule has 0 unspecified atom stereocenters. The zero-order valence-electron chi connectivity index (χ0n) is 10.8. The lowest BCUT2D eigenvalue weighted by molar-refractivity contribution is 0.0951. The van der Waals surface area contributed by atoms with E-state index in [1.165, 1.54) is 7.11 Å². The number of carbonyl (C=O) groups excluding carboxylic acids is 1. The van der Waals surface area contributed by atoms with Gasteiger partial charge in [0.25, 0.3) is 5.91 Å². The Morgan fingerprint density at radius 1 is 1.33 bits per heavy atom. The van der Waals surface area contributed by atoms with Gasteiger partial charge in [0.1, 0.15) is 5.75 Å².